The first kappa shape index (κ1) is 14.6. The molecule has 0 saturated heterocycles. The summed E-state index contributed by atoms with van der Waals surface area (Å²) < 4.78 is 5.53. The molecule has 2 N–H and O–H groups in total. The van der Waals surface area contributed by atoms with E-state index in [1.165, 1.54) is 19.3 Å². The third-order valence-electron chi connectivity index (χ3n) is 3.39. The maximum Gasteiger partial charge on any atom is 0.335 e. The number of aromatic carboxylic acids is 1. The van der Waals surface area contributed by atoms with E-state index >= 15 is 0 Å². The predicted molar refractivity (Wildman–Crippen MR) is 78.3 cm³/mol. The van der Waals surface area contributed by atoms with Crippen LogP contribution < -0.4 is 10.1 Å². The molecule has 4 nitrogen and oxygen atoms in total. The van der Waals surface area contributed by atoms with Gasteiger partial charge in [0, 0.05) is 6.54 Å². The molecular weight excluding hydrogens is 254 g/mol. The molecule has 0 aromatic heterocycles. The molecule has 0 saturated carbocycles. The highest BCUT2D eigenvalue weighted by Gasteiger charge is 2.04. The number of rotatable bonds is 8. The van der Waals surface area contributed by atoms with Crippen molar-refractivity contribution in [3.63, 3.8) is 0 Å². The molecule has 0 unspecified atom stereocenters. The fourth-order valence-electron chi connectivity index (χ4n) is 2.30. The number of allylic oxidation sites excluding steroid dienone is 1. The molecule has 108 valence electrons. The lowest BCUT2D eigenvalue weighted by Gasteiger charge is -2.08. The van der Waals surface area contributed by atoms with Crippen molar-refractivity contribution in [3.05, 3.63) is 41.5 Å². The van der Waals surface area contributed by atoms with Gasteiger partial charge in [-0.3, -0.25) is 0 Å². The van der Waals surface area contributed by atoms with E-state index in [1.54, 1.807) is 29.8 Å². The Balaban J connectivity index is 1.60. The van der Waals surface area contributed by atoms with Crippen LogP contribution in [0.1, 0.15) is 36.0 Å². The fourth-order valence-corrected chi connectivity index (χ4v) is 2.30. The molecule has 1 aromatic rings. The molecule has 1 aromatic carbocycles. The molecule has 20 heavy (non-hydrogen) atoms. The van der Waals surface area contributed by atoms with Crippen LogP contribution in [-0.4, -0.2) is 30.8 Å². The van der Waals surface area contributed by atoms with E-state index in [0.29, 0.717) is 12.4 Å². The standard InChI is InChI=1S/C16H21NO3/c18-16(19)14-6-3-7-15(12-14)20-11-10-17-9-8-13-4-1-2-5-13/h3-4,6-7,12,17H,1-2,5,8-11H2,(H,18,19). The minimum absolute atomic E-state index is 0.253. The second-order valence-electron chi connectivity index (χ2n) is 4.94. The Labute approximate surface area is 119 Å². The van der Waals surface area contributed by atoms with Gasteiger partial charge in [-0.2, -0.15) is 0 Å². The highest BCUT2D eigenvalue weighted by Crippen LogP contribution is 2.19. The number of benzene rings is 1. The molecule has 0 atom stereocenters. The van der Waals surface area contributed by atoms with Gasteiger partial charge in [-0.15, -0.1) is 0 Å². The summed E-state index contributed by atoms with van der Waals surface area (Å²) in [6.07, 6.45) is 7.25. The number of hydrogen-bond acceptors (Lipinski definition) is 3. The highest BCUT2D eigenvalue weighted by molar-refractivity contribution is 5.87. The predicted octanol–water partition coefficient (Wildman–Crippen LogP) is 2.85. The molecule has 1 aliphatic carbocycles. The van der Waals surface area contributed by atoms with Crippen molar-refractivity contribution in [1.29, 1.82) is 0 Å². The van der Waals surface area contributed by atoms with E-state index in [2.05, 4.69) is 11.4 Å². The van der Waals surface area contributed by atoms with Crippen LogP contribution >= 0.6 is 0 Å². The molecule has 2 rings (SSSR count). The summed E-state index contributed by atoms with van der Waals surface area (Å²) >= 11 is 0. The zero-order valence-corrected chi connectivity index (χ0v) is 11.6. The van der Waals surface area contributed by atoms with Crippen molar-refractivity contribution in [3.8, 4) is 5.75 Å². The van der Waals surface area contributed by atoms with Gasteiger partial charge in [0.1, 0.15) is 12.4 Å². The molecule has 1 aliphatic rings. The van der Waals surface area contributed by atoms with Gasteiger partial charge in [0.15, 0.2) is 0 Å². The molecular formula is C16H21NO3. The van der Waals surface area contributed by atoms with Crippen LogP contribution in [-0.2, 0) is 0 Å². The Morgan fingerprint density at radius 1 is 1.35 bits per heavy atom. The van der Waals surface area contributed by atoms with Crippen LogP contribution in [0.25, 0.3) is 0 Å². The summed E-state index contributed by atoms with van der Waals surface area (Å²) in [6.45, 7) is 2.29. The Morgan fingerprint density at radius 2 is 2.25 bits per heavy atom. The van der Waals surface area contributed by atoms with E-state index in [0.717, 1.165) is 19.5 Å². The van der Waals surface area contributed by atoms with Crippen LogP contribution in [0.2, 0.25) is 0 Å². The molecule has 0 bridgehead atoms. The lowest BCUT2D eigenvalue weighted by molar-refractivity contribution is 0.0696. The Hall–Kier alpha value is -1.81. The largest absolute Gasteiger partial charge is 0.492 e. The molecule has 0 radical (unpaired) electrons. The average Bonchev–Trinajstić information content (AvgIpc) is 2.96. The van der Waals surface area contributed by atoms with Crippen LogP contribution in [0.5, 0.6) is 5.75 Å². The molecule has 0 spiro atoms. The lowest BCUT2D eigenvalue weighted by atomic mass is 10.2. The van der Waals surface area contributed by atoms with Crippen LogP contribution in [0.4, 0.5) is 0 Å². The number of hydrogen-bond donors (Lipinski definition) is 2. The molecule has 0 heterocycles. The third-order valence-corrected chi connectivity index (χ3v) is 3.39. The topological polar surface area (TPSA) is 58.6 Å². The van der Waals surface area contributed by atoms with Crippen molar-refractivity contribution >= 4 is 5.97 Å². The van der Waals surface area contributed by atoms with Crippen LogP contribution in [0, 0.1) is 0 Å². The van der Waals surface area contributed by atoms with Crippen molar-refractivity contribution in [2.75, 3.05) is 19.7 Å². The number of carboxylic acid groups (broad SMARTS) is 1. The third kappa shape index (κ3) is 4.70. The Morgan fingerprint density at radius 3 is 3.00 bits per heavy atom. The summed E-state index contributed by atoms with van der Waals surface area (Å²) in [4.78, 5) is 10.8. The minimum Gasteiger partial charge on any atom is -0.492 e. The molecule has 0 fully saturated rings. The summed E-state index contributed by atoms with van der Waals surface area (Å²) in [5, 5.41) is 12.2. The molecule has 0 aliphatic heterocycles. The van der Waals surface area contributed by atoms with Gasteiger partial charge < -0.3 is 15.2 Å². The van der Waals surface area contributed by atoms with Gasteiger partial charge in [-0.1, -0.05) is 17.7 Å². The van der Waals surface area contributed by atoms with E-state index in [4.69, 9.17) is 9.84 Å². The van der Waals surface area contributed by atoms with E-state index in [1.807, 2.05) is 0 Å². The van der Waals surface area contributed by atoms with E-state index in [-0.39, 0.29) is 5.56 Å². The molecule has 4 heteroatoms. The van der Waals surface area contributed by atoms with Gasteiger partial charge in [-0.25, -0.2) is 4.79 Å². The van der Waals surface area contributed by atoms with Gasteiger partial charge >= 0.3 is 5.97 Å². The SMILES string of the molecule is O=C(O)c1cccc(OCCNCCC2=CCCC2)c1. The maximum atomic E-state index is 10.8. The average molecular weight is 275 g/mol. The van der Waals surface area contributed by atoms with Crippen molar-refractivity contribution in [2.24, 2.45) is 0 Å². The van der Waals surface area contributed by atoms with Gasteiger partial charge in [-0.05, 0) is 50.4 Å². The normalized spacial score (nSPS) is 14.1. The Kier molecular flexibility index (Phi) is 5.62. The quantitative estimate of drug-likeness (QED) is 0.566. The van der Waals surface area contributed by atoms with Gasteiger partial charge in [0.25, 0.3) is 0 Å². The zero-order chi connectivity index (χ0) is 14.2. The summed E-state index contributed by atoms with van der Waals surface area (Å²) in [5.41, 5.74) is 1.82. The van der Waals surface area contributed by atoms with E-state index < -0.39 is 5.97 Å². The van der Waals surface area contributed by atoms with Crippen molar-refractivity contribution < 1.29 is 14.6 Å². The first-order chi connectivity index (χ1) is 9.75. The van der Waals surface area contributed by atoms with Crippen molar-refractivity contribution in [1.82, 2.24) is 5.32 Å². The minimum atomic E-state index is -0.932. The Bertz CT molecular complexity index is 482. The first-order valence-electron chi connectivity index (χ1n) is 7.10. The zero-order valence-electron chi connectivity index (χ0n) is 11.6. The highest BCUT2D eigenvalue weighted by atomic mass is 16.5. The molecule has 0 amide bonds. The second-order valence-corrected chi connectivity index (χ2v) is 4.94. The first-order valence-corrected chi connectivity index (χ1v) is 7.10. The van der Waals surface area contributed by atoms with Crippen molar-refractivity contribution in [2.45, 2.75) is 25.7 Å². The van der Waals surface area contributed by atoms with Gasteiger partial charge in [0.2, 0.25) is 0 Å². The maximum absolute atomic E-state index is 10.8. The summed E-state index contributed by atoms with van der Waals surface area (Å²) in [6, 6.07) is 6.57. The second kappa shape index (κ2) is 7.70. The number of carboxylic acids is 1. The summed E-state index contributed by atoms with van der Waals surface area (Å²) in [5.74, 6) is -0.330. The monoisotopic (exact) mass is 275 g/mol. The number of carbonyl (C=O) groups is 1. The smallest absolute Gasteiger partial charge is 0.335 e. The summed E-state index contributed by atoms with van der Waals surface area (Å²) in [7, 11) is 0. The number of ether oxygens (including phenoxy) is 1. The van der Waals surface area contributed by atoms with Crippen LogP contribution in [0.3, 0.4) is 0 Å². The van der Waals surface area contributed by atoms with Crippen LogP contribution in [0.15, 0.2) is 35.9 Å². The fraction of sp³-hybridized carbons (Fsp3) is 0.438. The lowest BCUT2D eigenvalue weighted by Crippen LogP contribution is -2.22. The van der Waals surface area contributed by atoms with E-state index in [9.17, 15) is 4.79 Å². The van der Waals surface area contributed by atoms with Gasteiger partial charge in [0.05, 0.1) is 5.56 Å². The number of nitrogens with one attached hydrogen (secondary N) is 1.